The van der Waals surface area contributed by atoms with Crippen LogP contribution >= 0.6 is 0 Å². The Balaban J connectivity index is 1.60. The average molecular weight is 388 g/mol. The van der Waals surface area contributed by atoms with Gasteiger partial charge >= 0.3 is 0 Å². The second-order valence-corrected chi connectivity index (χ2v) is 6.72. The first-order valence-corrected chi connectivity index (χ1v) is 9.23. The number of aromatic nitrogens is 1. The molecule has 7 heteroatoms. The Kier molecular flexibility index (Phi) is 5.22. The summed E-state index contributed by atoms with van der Waals surface area (Å²) in [4.78, 5) is 31.2. The largest absolute Gasteiger partial charge is 0.392 e. The van der Waals surface area contributed by atoms with E-state index in [2.05, 4.69) is 15.6 Å². The molecule has 0 saturated heterocycles. The molecule has 7 nitrogen and oxygen atoms in total. The third kappa shape index (κ3) is 4.09. The van der Waals surface area contributed by atoms with Crippen LogP contribution in [-0.2, 0) is 17.9 Å². The van der Waals surface area contributed by atoms with Gasteiger partial charge in [-0.25, -0.2) is 4.98 Å². The van der Waals surface area contributed by atoms with Gasteiger partial charge in [0.05, 0.1) is 30.9 Å². The molecule has 3 N–H and O–H groups in total. The lowest BCUT2D eigenvalue weighted by molar-refractivity contribution is -0.117. The molecule has 1 aromatic heterocycles. The molecule has 1 aliphatic heterocycles. The second-order valence-electron chi connectivity index (χ2n) is 6.72. The molecule has 2 heterocycles. The summed E-state index contributed by atoms with van der Waals surface area (Å²) in [7, 11) is 0. The van der Waals surface area contributed by atoms with Crippen LogP contribution in [0.15, 0.2) is 66.9 Å². The van der Waals surface area contributed by atoms with Crippen LogP contribution < -0.4 is 15.5 Å². The predicted molar refractivity (Wildman–Crippen MR) is 111 cm³/mol. The van der Waals surface area contributed by atoms with Gasteiger partial charge in [-0.1, -0.05) is 42.5 Å². The van der Waals surface area contributed by atoms with Crippen LogP contribution in [-0.4, -0.2) is 28.4 Å². The molecule has 0 saturated carbocycles. The Hall–Kier alpha value is -3.71. The van der Waals surface area contributed by atoms with E-state index in [-0.39, 0.29) is 25.0 Å². The van der Waals surface area contributed by atoms with Gasteiger partial charge in [0.25, 0.3) is 5.91 Å². The molecule has 0 atom stereocenters. The molecule has 3 aromatic rings. The summed E-state index contributed by atoms with van der Waals surface area (Å²) in [6.07, 6.45) is 1.48. The molecule has 0 radical (unpaired) electrons. The molecule has 29 heavy (non-hydrogen) atoms. The highest BCUT2D eigenvalue weighted by molar-refractivity contribution is 6.07. The number of benzene rings is 2. The molecule has 0 unspecified atom stereocenters. The number of pyridine rings is 1. The first kappa shape index (κ1) is 18.6. The molecular weight excluding hydrogens is 368 g/mol. The first-order valence-electron chi connectivity index (χ1n) is 9.23. The van der Waals surface area contributed by atoms with Crippen molar-refractivity contribution in [1.29, 1.82) is 0 Å². The van der Waals surface area contributed by atoms with E-state index in [1.807, 2.05) is 30.3 Å². The Labute approximate surface area is 168 Å². The summed E-state index contributed by atoms with van der Waals surface area (Å²) in [6, 6.07) is 18.3. The first-order chi connectivity index (χ1) is 14.1. The van der Waals surface area contributed by atoms with Crippen molar-refractivity contribution >= 4 is 29.0 Å². The highest BCUT2D eigenvalue weighted by Crippen LogP contribution is 2.30. The molecule has 1 aliphatic rings. The number of nitrogens with one attached hydrogen (secondary N) is 2. The van der Waals surface area contributed by atoms with Crippen LogP contribution in [0.2, 0.25) is 0 Å². The quantitative estimate of drug-likeness (QED) is 0.625. The van der Waals surface area contributed by atoms with Crippen molar-refractivity contribution in [2.45, 2.75) is 13.2 Å². The zero-order chi connectivity index (χ0) is 20.2. The van der Waals surface area contributed by atoms with Crippen LogP contribution in [0.25, 0.3) is 0 Å². The smallest absolute Gasteiger partial charge is 0.257 e. The van der Waals surface area contributed by atoms with Crippen LogP contribution in [0.4, 0.5) is 17.2 Å². The highest BCUT2D eigenvalue weighted by atomic mass is 16.3. The van der Waals surface area contributed by atoms with Gasteiger partial charge in [0, 0.05) is 11.9 Å². The standard InChI is InChI=1S/C22H20N4O3/c27-14-16-7-4-8-18(9-16)25-22(29)17-10-19-21(23-11-17)24-12-20(28)26(19)13-15-5-2-1-3-6-15/h1-11,27H,12-14H2,(H,23,24)(H,25,29). The normalized spacial score (nSPS) is 12.9. The van der Waals surface area contributed by atoms with E-state index in [0.29, 0.717) is 34.9 Å². The zero-order valence-electron chi connectivity index (χ0n) is 15.6. The van der Waals surface area contributed by atoms with Crippen LogP contribution in [0, 0.1) is 0 Å². The van der Waals surface area contributed by atoms with Gasteiger partial charge in [-0.15, -0.1) is 0 Å². The second kappa shape index (κ2) is 8.12. The van der Waals surface area contributed by atoms with Gasteiger partial charge in [-0.3, -0.25) is 9.59 Å². The summed E-state index contributed by atoms with van der Waals surface area (Å²) in [5.41, 5.74) is 3.18. The molecule has 0 spiro atoms. The predicted octanol–water partition coefficient (Wildman–Crippen LogP) is 2.78. The van der Waals surface area contributed by atoms with E-state index in [1.165, 1.54) is 6.20 Å². The maximum absolute atomic E-state index is 12.7. The number of hydrogen-bond donors (Lipinski definition) is 3. The molecule has 2 aromatic carbocycles. The monoisotopic (exact) mass is 388 g/mol. The van der Waals surface area contributed by atoms with Gasteiger partial charge in [-0.2, -0.15) is 0 Å². The lowest BCUT2D eigenvalue weighted by Gasteiger charge is -2.29. The van der Waals surface area contributed by atoms with Crippen LogP contribution in [0.5, 0.6) is 0 Å². The number of nitrogens with zero attached hydrogens (tertiary/aromatic N) is 2. The molecule has 146 valence electrons. The molecule has 0 aliphatic carbocycles. The van der Waals surface area contributed by atoms with E-state index in [0.717, 1.165) is 5.56 Å². The number of amides is 2. The number of rotatable bonds is 5. The fraction of sp³-hybridized carbons (Fsp3) is 0.136. The average Bonchev–Trinajstić information content (AvgIpc) is 2.76. The maximum atomic E-state index is 12.7. The molecule has 0 fully saturated rings. The molecule has 0 bridgehead atoms. The highest BCUT2D eigenvalue weighted by Gasteiger charge is 2.26. The van der Waals surface area contributed by atoms with Crippen molar-refractivity contribution in [3.05, 3.63) is 83.6 Å². The number of hydrogen-bond acceptors (Lipinski definition) is 5. The molecule has 4 rings (SSSR count). The summed E-state index contributed by atoms with van der Waals surface area (Å²) in [6.45, 7) is 0.457. The van der Waals surface area contributed by atoms with E-state index >= 15 is 0 Å². The Bertz CT molecular complexity index is 1050. The minimum atomic E-state index is -0.340. The Morgan fingerprint density at radius 2 is 1.90 bits per heavy atom. The Morgan fingerprint density at radius 3 is 2.69 bits per heavy atom. The van der Waals surface area contributed by atoms with E-state index < -0.39 is 0 Å². The van der Waals surface area contributed by atoms with Gasteiger partial charge < -0.3 is 20.6 Å². The minimum absolute atomic E-state index is 0.0867. The maximum Gasteiger partial charge on any atom is 0.257 e. The van der Waals surface area contributed by atoms with Gasteiger partial charge in [-0.05, 0) is 29.3 Å². The summed E-state index contributed by atoms with van der Waals surface area (Å²) >= 11 is 0. The number of anilines is 3. The number of fused-ring (bicyclic) bond motifs is 1. The number of carbonyl (C=O) groups is 2. The van der Waals surface area contributed by atoms with E-state index in [1.54, 1.807) is 35.2 Å². The van der Waals surface area contributed by atoms with Crippen molar-refractivity contribution in [3.8, 4) is 0 Å². The van der Waals surface area contributed by atoms with Crippen molar-refractivity contribution in [3.63, 3.8) is 0 Å². The van der Waals surface area contributed by atoms with Gasteiger partial charge in [0.1, 0.15) is 0 Å². The van der Waals surface area contributed by atoms with Crippen molar-refractivity contribution in [2.75, 3.05) is 22.1 Å². The third-order valence-electron chi connectivity index (χ3n) is 4.68. The number of aliphatic hydroxyl groups is 1. The minimum Gasteiger partial charge on any atom is -0.392 e. The van der Waals surface area contributed by atoms with Crippen molar-refractivity contribution in [1.82, 2.24) is 4.98 Å². The molecule has 2 amide bonds. The number of carbonyl (C=O) groups excluding carboxylic acids is 2. The van der Waals surface area contributed by atoms with Crippen LogP contribution in [0.3, 0.4) is 0 Å². The summed E-state index contributed by atoms with van der Waals surface area (Å²) in [5, 5.41) is 15.1. The lowest BCUT2D eigenvalue weighted by atomic mass is 10.1. The fourth-order valence-electron chi connectivity index (χ4n) is 3.20. The van der Waals surface area contributed by atoms with Gasteiger partial charge in [0.2, 0.25) is 5.91 Å². The van der Waals surface area contributed by atoms with Crippen molar-refractivity contribution in [2.24, 2.45) is 0 Å². The SMILES string of the molecule is O=C(Nc1cccc(CO)c1)c1cnc2c(c1)N(Cc1ccccc1)C(=O)CN2. The lowest BCUT2D eigenvalue weighted by Crippen LogP contribution is -2.40. The summed E-state index contributed by atoms with van der Waals surface area (Å²) in [5.74, 6) is 0.142. The third-order valence-corrected chi connectivity index (χ3v) is 4.68. The topological polar surface area (TPSA) is 94.6 Å². The van der Waals surface area contributed by atoms with Gasteiger partial charge in [0.15, 0.2) is 5.82 Å². The number of aliphatic hydroxyl groups excluding tert-OH is 1. The van der Waals surface area contributed by atoms with Crippen molar-refractivity contribution < 1.29 is 14.7 Å². The molecular formula is C22H20N4O3. The zero-order valence-corrected chi connectivity index (χ0v) is 15.6. The van der Waals surface area contributed by atoms with E-state index in [4.69, 9.17) is 0 Å². The fourth-order valence-corrected chi connectivity index (χ4v) is 3.20. The Morgan fingerprint density at radius 1 is 1.10 bits per heavy atom. The van der Waals surface area contributed by atoms with E-state index in [9.17, 15) is 14.7 Å². The summed E-state index contributed by atoms with van der Waals surface area (Å²) < 4.78 is 0. The van der Waals surface area contributed by atoms with Crippen LogP contribution in [0.1, 0.15) is 21.5 Å².